The third kappa shape index (κ3) is 3.15. The van der Waals surface area contributed by atoms with E-state index in [1.54, 1.807) is 0 Å². The van der Waals surface area contributed by atoms with E-state index in [9.17, 15) is 0 Å². The Morgan fingerprint density at radius 1 is 1.54 bits per heavy atom. The topological polar surface area (TPSA) is 38.9 Å². The highest BCUT2D eigenvalue weighted by molar-refractivity contribution is 5.16. The molecule has 0 unspecified atom stereocenters. The summed E-state index contributed by atoms with van der Waals surface area (Å²) in [4.78, 5) is 4.27. The van der Waals surface area contributed by atoms with Crippen LogP contribution in [0.15, 0.2) is 18.3 Å². The number of rotatable bonds is 4. The van der Waals surface area contributed by atoms with E-state index >= 15 is 0 Å². The SMILES string of the molecule is CCCC[C@@H](N)c1cc(C)ccn1. The smallest absolute Gasteiger partial charge is 0.0573 e. The highest BCUT2D eigenvalue weighted by Crippen LogP contribution is 2.14. The lowest BCUT2D eigenvalue weighted by Gasteiger charge is -2.10. The second kappa shape index (κ2) is 4.97. The summed E-state index contributed by atoms with van der Waals surface area (Å²) >= 11 is 0. The third-order valence-electron chi connectivity index (χ3n) is 2.19. The fraction of sp³-hybridized carbons (Fsp3) is 0.545. The summed E-state index contributed by atoms with van der Waals surface area (Å²) in [6, 6.07) is 4.18. The number of nitrogens with zero attached hydrogens (tertiary/aromatic N) is 1. The monoisotopic (exact) mass is 178 g/mol. The van der Waals surface area contributed by atoms with Crippen LogP contribution in [0.25, 0.3) is 0 Å². The standard InChI is InChI=1S/C11H18N2/c1-3-4-5-10(12)11-8-9(2)6-7-13-11/h6-8,10H,3-5,12H2,1-2H3/t10-/m1/s1. The summed E-state index contributed by atoms with van der Waals surface area (Å²) < 4.78 is 0. The number of aromatic nitrogens is 1. The first kappa shape index (κ1) is 10.2. The first-order valence-corrected chi connectivity index (χ1v) is 4.92. The van der Waals surface area contributed by atoms with Gasteiger partial charge in [-0.3, -0.25) is 4.98 Å². The molecule has 1 atom stereocenters. The number of hydrogen-bond donors (Lipinski definition) is 1. The van der Waals surface area contributed by atoms with Gasteiger partial charge in [-0.05, 0) is 31.0 Å². The Labute approximate surface area is 80.2 Å². The molecule has 2 nitrogen and oxygen atoms in total. The Hall–Kier alpha value is -0.890. The molecule has 1 aromatic heterocycles. The molecule has 1 heterocycles. The quantitative estimate of drug-likeness (QED) is 0.769. The minimum atomic E-state index is 0.111. The molecule has 0 aliphatic heterocycles. The van der Waals surface area contributed by atoms with Crippen molar-refractivity contribution in [2.75, 3.05) is 0 Å². The lowest BCUT2D eigenvalue weighted by Crippen LogP contribution is -2.11. The van der Waals surface area contributed by atoms with Gasteiger partial charge < -0.3 is 5.73 Å². The van der Waals surface area contributed by atoms with Gasteiger partial charge in [0.25, 0.3) is 0 Å². The van der Waals surface area contributed by atoms with Crippen LogP contribution < -0.4 is 5.73 Å². The molecule has 1 aromatic rings. The van der Waals surface area contributed by atoms with Gasteiger partial charge in [-0.1, -0.05) is 19.8 Å². The Morgan fingerprint density at radius 3 is 2.92 bits per heavy atom. The molecule has 0 aromatic carbocycles. The largest absolute Gasteiger partial charge is 0.323 e. The predicted molar refractivity (Wildman–Crippen MR) is 55.4 cm³/mol. The van der Waals surface area contributed by atoms with E-state index < -0.39 is 0 Å². The highest BCUT2D eigenvalue weighted by Gasteiger charge is 2.05. The summed E-state index contributed by atoms with van der Waals surface area (Å²) in [5.41, 5.74) is 8.24. The molecule has 13 heavy (non-hydrogen) atoms. The predicted octanol–water partition coefficient (Wildman–Crippen LogP) is 2.58. The van der Waals surface area contributed by atoms with Crippen molar-refractivity contribution >= 4 is 0 Å². The molecule has 0 saturated heterocycles. The van der Waals surface area contributed by atoms with E-state index in [0.717, 1.165) is 12.1 Å². The molecule has 2 heteroatoms. The van der Waals surface area contributed by atoms with Gasteiger partial charge in [0.15, 0.2) is 0 Å². The fourth-order valence-corrected chi connectivity index (χ4v) is 1.33. The Bertz CT molecular complexity index is 258. The molecule has 0 bridgehead atoms. The summed E-state index contributed by atoms with van der Waals surface area (Å²) in [5, 5.41) is 0. The number of hydrogen-bond acceptors (Lipinski definition) is 2. The first-order valence-electron chi connectivity index (χ1n) is 4.92. The zero-order chi connectivity index (χ0) is 9.68. The van der Waals surface area contributed by atoms with Crippen LogP contribution in [0, 0.1) is 6.92 Å². The summed E-state index contributed by atoms with van der Waals surface area (Å²) in [6.07, 6.45) is 5.24. The maximum absolute atomic E-state index is 5.99. The molecule has 72 valence electrons. The van der Waals surface area contributed by atoms with Crippen LogP contribution in [-0.4, -0.2) is 4.98 Å². The zero-order valence-corrected chi connectivity index (χ0v) is 8.46. The van der Waals surface area contributed by atoms with E-state index in [4.69, 9.17) is 5.73 Å². The Balaban J connectivity index is 2.60. The van der Waals surface area contributed by atoms with Crippen molar-refractivity contribution in [3.8, 4) is 0 Å². The minimum absolute atomic E-state index is 0.111. The van der Waals surface area contributed by atoms with Crippen LogP contribution in [0.2, 0.25) is 0 Å². The van der Waals surface area contributed by atoms with Crippen molar-refractivity contribution in [3.63, 3.8) is 0 Å². The van der Waals surface area contributed by atoms with Gasteiger partial charge in [0, 0.05) is 12.2 Å². The zero-order valence-electron chi connectivity index (χ0n) is 8.46. The van der Waals surface area contributed by atoms with Crippen LogP contribution in [0.3, 0.4) is 0 Å². The molecule has 0 aliphatic carbocycles. The van der Waals surface area contributed by atoms with Crippen molar-refractivity contribution < 1.29 is 0 Å². The molecular weight excluding hydrogens is 160 g/mol. The molecule has 0 fully saturated rings. The van der Waals surface area contributed by atoms with Gasteiger partial charge >= 0.3 is 0 Å². The van der Waals surface area contributed by atoms with E-state index in [0.29, 0.717) is 0 Å². The summed E-state index contributed by atoms with van der Waals surface area (Å²) in [7, 11) is 0. The normalized spacial score (nSPS) is 12.8. The van der Waals surface area contributed by atoms with E-state index in [1.165, 1.54) is 18.4 Å². The van der Waals surface area contributed by atoms with Crippen molar-refractivity contribution in [1.29, 1.82) is 0 Å². The number of unbranched alkanes of at least 4 members (excludes halogenated alkanes) is 1. The van der Waals surface area contributed by atoms with E-state index in [-0.39, 0.29) is 6.04 Å². The maximum atomic E-state index is 5.99. The highest BCUT2D eigenvalue weighted by atomic mass is 14.8. The van der Waals surface area contributed by atoms with Gasteiger partial charge in [-0.25, -0.2) is 0 Å². The average Bonchev–Trinajstić information content (AvgIpc) is 2.14. The fourth-order valence-electron chi connectivity index (χ4n) is 1.33. The van der Waals surface area contributed by atoms with Crippen LogP contribution in [0.1, 0.15) is 43.5 Å². The van der Waals surface area contributed by atoms with Gasteiger partial charge in [-0.2, -0.15) is 0 Å². The van der Waals surface area contributed by atoms with Gasteiger partial charge in [-0.15, -0.1) is 0 Å². The van der Waals surface area contributed by atoms with Crippen LogP contribution in [0.5, 0.6) is 0 Å². The number of aryl methyl sites for hydroxylation is 1. The first-order chi connectivity index (χ1) is 6.24. The molecule has 0 amide bonds. The molecule has 0 saturated carbocycles. The molecule has 2 N–H and O–H groups in total. The minimum Gasteiger partial charge on any atom is -0.323 e. The average molecular weight is 178 g/mol. The summed E-state index contributed by atoms with van der Waals surface area (Å²) in [6.45, 7) is 4.24. The van der Waals surface area contributed by atoms with Crippen molar-refractivity contribution in [1.82, 2.24) is 4.98 Å². The molecule has 0 radical (unpaired) electrons. The second-order valence-corrected chi connectivity index (χ2v) is 3.51. The Morgan fingerprint density at radius 2 is 2.31 bits per heavy atom. The van der Waals surface area contributed by atoms with Gasteiger partial charge in [0.05, 0.1) is 5.69 Å². The molecule has 0 spiro atoms. The lowest BCUT2D eigenvalue weighted by atomic mass is 10.1. The third-order valence-corrected chi connectivity index (χ3v) is 2.19. The summed E-state index contributed by atoms with van der Waals surface area (Å²) in [5.74, 6) is 0. The van der Waals surface area contributed by atoms with Crippen molar-refractivity contribution in [3.05, 3.63) is 29.6 Å². The van der Waals surface area contributed by atoms with Crippen LogP contribution >= 0.6 is 0 Å². The van der Waals surface area contributed by atoms with Crippen molar-refractivity contribution in [2.24, 2.45) is 5.73 Å². The molecule has 0 aliphatic rings. The van der Waals surface area contributed by atoms with Gasteiger partial charge in [0.2, 0.25) is 0 Å². The lowest BCUT2D eigenvalue weighted by molar-refractivity contribution is 0.590. The van der Waals surface area contributed by atoms with Gasteiger partial charge in [0.1, 0.15) is 0 Å². The van der Waals surface area contributed by atoms with Crippen LogP contribution in [-0.2, 0) is 0 Å². The van der Waals surface area contributed by atoms with E-state index in [1.807, 2.05) is 12.3 Å². The van der Waals surface area contributed by atoms with E-state index in [2.05, 4.69) is 24.9 Å². The molecular formula is C11H18N2. The number of pyridine rings is 1. The maximum Gasteiger partial charge on any atom is 0.0573 e. The van der Waals surface area contributed by atoms with Crippen LogP contribution in [0.4, 0.5) is 0 Å². The Kier molecular flexibility index (Phi) is 3.90. The number of nitrogens with two attached hydrogens (primary N) is 1. The molecule has 1 rings (SSSR count). The second-order valence-electron chi connectivity index (χ2n) is 3.51. The van der Waals surface area contributed by atoms with Crippen molar-refractivity contribution in [2.45, 2.75) is 39.2 Å².